The molecule has 0 unspecified atom stereocenters. The molecule has 0 aliphatic carbocycles. The Kier molecular flexibility index (Phi) is 3.98. The van der Waals surface area contributed by atoms with E-state index in [9.17, 15) is 9.59 Å². The lowest BCUT2D eigenvalue weighted by atomic mass is 10.0. The van der Waals surface area contributed by atoms with Gasteiger partial charge in [-0.15, -0.1) is 0 Å². The predicted molar refractivity (Wildman–Crippen MR) is 92.0 cm³/mol. The van der Waals surface area contributed by atoms with Crippen LogP contribution in [-0.2, 0) is 4.79 Å². The Balaban J connectivity index is 2.02. The number of anilines is 2. The number of hydrogen-bond acceptors (Lipinski definition) is 3. The molecule has 0 saturated heterocycles. The van der Waals surface area contributed by atoms with Gasteiger partial charge in [0.15, 0.2) is 0 Å². The zero-order valence-electron chi connectivity index (χ0n) is 12.5. The molecule has 0 bridgehead atoms. The first-order valence-electron chi connectivity index (χ1n) is 7.08. The molecule has 0 saturated carbocycles. The highest BCUT2D eigenvalue weighted by Crippen LogP contribution is 2.30. The number of rotatable bonds is 4. The molecule has 3 rings (SSSR count). The summed E-state index contributed by atoms with van der Waals surface area (Å²) in [5, 5.41) is 14.6. The summed E-state index contributed by atoms with van der Waals surface area (Å²) in [6.07, 6.45) is 3.28. The SMILES string of the molecule is C=CC(=O)Nc1cccc(-c2c[nH]c3ncc(NC(=O)O)cc23)c1. The number of aromatic nitrogens is 2. The zero-order chi connectivity index (χ0) is 17.1. The molecular weight excluding hydrogens is 308 g/mol. The van der Waals surface area contributed by atoms with Gasteiger partial charge in [0.25, 0.3) is 0 Å². The summed E-state index contributed by atoms with van der Waals surface area (Å²) in [6.45, 7) is 3.42. The summed E-state index contributed by atoms with van der Waals surface area (Å²) >= 11 is 0. The van der Waals surface area contributed by atoms with Crippen LogP contribution < -0.4 is 10.6 Å². The van der Waals surface area contributed by atoms with Gasteiger partial charge in [0.05, 0.1) is 11.9 Å². The van der Waals surface area contributed by atoms with Crippen LogP contribution in [0.25, 0.3) is 22.2 Å². The topological polar surface area (TPSA) is 107 Å². The number of fused-ring (bicyclic) bond motifs is 1. The molecule has 24 heavy (non-hydrogen) atoms. The van der Waals surface area contributed by atoms with Crippen LogP contribution in [0, 0.1) is 0 Å². The van der Waals surface area contributed by atoms with E-state index in [4.69, 9.17) is 5.11 Å². The molecule has 120 valence electrons. The first-order valence-corrected chi connectivity index (χ1v) is 7.08. The summed E-state index contributed by atoms with van der Waals surface area (Å²) in [7, 11) is 0. The average molecular weight is 322 g/mol. The minimum atomic E-state index is -1.15. The summed E-state index contributed by atoms with van der Waals surface area (Å²) in [5.74, 6) is -0.291. The van der Waals surface area contributed by atoms with Crippen LogP contribution in [0.3, 0.4) is 0 Å². The van der Waals surface area contributed by atoms with Crippen molar-refractivity contribution in [1.29, 1.82) is 0 Å². The second kappa shape index (κ2) is 6.25. The van der Waals surface area contributed by atoms with E-state index in [-0.39, 0.29) is 5.91 Å². The fourth-order valence-electron chi connectivity index (χ4n) is 2.39. The van der Waals surface area contributed by atoms with Gasteiger partial charge in [-0.1, -0.05) is 18.7 Å². The highest BCUT2D eigenvalue weighted by atomic mass is 16.4. The molecule has 0 radical (unpaired) electrons. The Morgan fingerprint density at radius 2 is 2.04 bits per heavy atom. The molecule has 2 amide bonds. The number of pyridine rings is 1. The molecule has 2 aromatic heterocycles. The molecule has 0 aliphatic rings. The molecule has 4 N–H and O–H groups in total. The van der Waals surface area contributed by atoms with Crippen LogP contribution in [0.5, 0.6) is 0 Å². The van der Waals surface area contributed by atoms with Gasteiger partial charge in [-0.25, -0.2) is 9.78 Å². The van der Waals surface area contributed by atoms with E-state index >= 15 is 0 Å². The van der Waals surface area contributed by atoms with Crippen LogP contribution in [-0.4, -0.2) is 27.1 Å². The van der Waals surface area contributed by atoms with Gasteiger partial charge < -0.3 is 15.4 Å². The monoisotopic (exact) mass is 322 g/mol. The molecule has 2 heterocycles. The highest BCUT2D eigenvalue weighted by molar-refractivity contribution is 6.00. The van der Waals surface area contributed by atoms with Gasteiger partial charge in [0, 0.05) is 22.8 Å². The van der Waals surface area contributed by atoms with Crippen molar-refractivity contribution in [2.75, 3.05) is 10.6 Å². The van der Waals surface area contributed by atoms with E-state index in [1.165, 1.54) is 12.3 Å². The Hall–Kier alpha value is -3.61. The third kappa shape index (κ3) is 3.09. The maximum atomic E-state index is 11.4. The van der Waals surface area contributed by atoms with E-state index in [0.29, 0.717) is 17.0 Å². The van der Waals surface area contributed by atoms with Gasteiger partial charge in [-0.05, 0) is 29.8 Å². The predicted octanol–water partition coefficient (Wildman–Crippen LogP) is 3.44. The standard InChI is InChI=1S/C17H14N4O3/c1-2-15(22)20-11-5-3-4-10(6-11)14-9-19-16-13(14)7-12(8-18-16)21-17(23)24/h2-9,21H,1H2,(H,18,19)(H,20,22)(H,23,24). The second-order valence-electron chi connectivity index (χ2n) is 5.03. The summed E-state index contributed by atoms with van der Waals surface area (Å²) < 4.78 is 0. The normalized spacial score (nSPS) is 10.3. The largest absolute Gasteiger partial charge is 0.465 e. The summed E-state index contributed by atoms with van der Waals surface area (Å²) in [5.41, 5.74) is 3.37. The molecule has 1 aromatic carbocycles. The van der Waals surface area contributed by atoms with Crippen LogP contribution >= 0.6 is 0 Å². The number of H-pyrrole nitrogens is 1. The van der Waals surface area contributed by atoms with Gasteiger partial charge in [-0.3, -0.25) is 10.1 Å². The summed E-state index contributed by atoms with van der Waals surface area (Å²) in [6, 6.07) is 9.01. The van der Waals surface area contributed by atoms with E-state index in [2.05, 4.69) is 27.2 Å². The van der Waals surface area contributed by atoms with Crippen LogP contribution in [0.1, 0.15) is 0 Å². The van der Waals surface area contributed by atoms with E-state index in [1.54, 1.807) is 18.3 Å². The molecule has 7 heteroatoms. The lowest BCUT2D eigenvalue weighted by Gasteiger charge is -2.06. The fourth-order valence-corrected chi connectivity index (χ4v) is 2.39. The Bertz CT molecular complexity index is 946. The van der Waals surface area contributed by atoms with E-state index in [0.717, 1.165) is 16.5 Å². The molecular formula is C17H14N4O3. The number of nitrogens with zero attached hydrogens (tertiary/aromatic N) is 1. The Morgan fingerprint density at radius 1 is 1.21 bits per heavy atom. The maximum Gasteiger partial charge on any atom is 0.409 e. The van der Waals surface area contributed by atoms with Crippen molar-refractivity contribution in [2.24, 2.45) is 0 Å². The van der Waals surface area contributed by atoms with Gasteiger partial charge in [0.2, 0.25) is 5.91 Å². The van der Waals surface area contributed by atoms with E-state index < -0.39 is 6.09 Å². The molecule has 0 aliphatic heterocycles. The maximum absolute atomic E-state index is 11.4. The van der Waals surface area contributed by atoms with E-state index in [1.807, 2.05) is 18.2 Å². The minimum Gasteiger partial charge on any atom is -0.465 e. The van der Waals surface area contributed by atoms with Gasteiger partial charge in [-0.2, -0.15) is 0 Å². The first kappa shape index (κ1) is 15.3. The third-order valence-electron chi connectivity index (χ3n) is 3.41. The lowest BCUT2D eigenvalue weighted by Crippen LogP contribution is -2.07. The Morgan fingerprint density at radius 3 is 2.79 bits per heavy atom. The molecule has 7 nitrogen and oxygen atoms in total. The molecule has 0 fully saturated rings. The van der Waals surface area contributed by atoms with Gasteiger partial charge in [0.1, 0.15) is 5.65 Å². The fraction of sp³-hybridized carbons (Fsp3) is 0. The van der Waals surface area contributed by atoms with Crippen molar-refractivity contribution >= 4 is 34.4 Å². The molecule has 0 atom stereocenters. The Labute approximate surface area is 137 Å². The van der Waals surface area contributed by atoms with Crippen molar-refractivity contribution in [1.82, 2.24) is 9.97 Å². The third-order valence-corrected chi connectivity index (χ3v) is 3.41. The average Bonchev–Trinajstić information content (AvgIpc) is 2.97. The van der Waals surface area contributed by atoms with Crippen LogP contribution in [0.4, 0.5) is 16.2 Å². The van der Waals surface area contributed by atoms with Crippen molar-refractivity contribution in [3.8, 4) is 11.1 Å². The van der Waals surface area contributed by atoms with Crippen molar-refractivity contribution < 1.29 is 14.7 Å². The molecule has 3 aromatic rings. The highest BCUT2D eigenvalue weighted by Gasteiger charge is 2.10. The smallest absolute Gasteiger partial charge is 0.409 e. The number of hydrogen-bond donors (Lipinski definition) is 4. The number of carbonyl (C=O) groups is 2. The van der Waals surface area contributed by atoms with Gasteiger partial charge >= 0.3 is 6.09 Å². The zero-order valence-corrected chi connectivity index (χ0v) is 12.5. The second-order valence-corrected chi connectivity index (χ2v) is 5.03. The number of amides is 2. The first-order chi connectivity index (χ1) is 11.6. The minimum absolute atomic E-state index is 0.291. The number of carbonyl (C=O) groups excluding carboxylic acids is 1. The summed E-state index contributed by atoms with van der Waals surface area (Å²) in [4.78, 5) is 29.5. The van der Waals surface area contributed by atoms with Crippen molar-refractivity contribution in [2.45, 2.75) is 0 Å². The number of carboxylic acid groups (broad SMARTS) is 1. The number of nitrogens with one attached hydrogen (secondary N) is 3. The molecule has 0 spiro atoms. The lowest BCUT2D eigenvalue weighted by molar-refractivity contribution is -0.111. The van der Waals surface area contributed by atoms with Crippen LogP contribution in [0.15, 0.2) is 55.4 Å². The number of benzene rings is 1. The van der Waals surface area contributed by atoms with Crippen molar-refractivity contribution in [3.63, 3.8) is 0 Å². The number of aromatic amines is 1. The van der Waals surface area contributed by atoms with Crippen molar-refractivity contribution in [3.05, 3.63) is 55.4 Å². The van der Waals surface area contributed by atoms with Crippen LogP contribution in [0.2, 0.25) is 0 Å². The quantitative estimate of drug-likeness (QED) is 0.552.